The SMILES string of the molecule is CCCC[C@@H](C(=O)O)[C@@H]1CC[C@@H](C)[C@H](CC/C(CCCc2ccc(Cl)cc2)=N/N(C)C)/C1=C\[Si](C)(C)C. The molecule has 2 rings (SSSR count). The van der Waals surface area contributed by atoms with Crippen molar-refractivity contribution in [2.75, 3.05) is 14.1 Å². The topological polar surface area (TPSA) is 52.9 Å². The van der Waals surface area contributed by atoms with Crippen LogP contribution in [-0.4, -0.2) is 44.0 Å². The van der Waals surface area contributed by atoms with Gasteiger partial charge >= 0.3 is 5.97 Å². The minimum Gasteiger partial charge on any atom is -0.481 e. The number of carboxylic acid groups (broad SMARTS) is 1. The lowest BCUT2D eigenvalue weighted by Gasteiger charge is -2.41. The average molecular weight is 547 g/mol. The number of allylic oxidation sites excluding steroid dienone is 1. The Morgan fingerprint density at radius 2 is 1.84 bits per heavy atom. The summed E-state index contributed by atoms with van der Waals surface area (Å²) in [6.07, 6.45) is 10.0. The van der Waals surface area contributed by atoms with E-state index in [1.54, 1.807) is 0 Å². The number of rotatable bonds is 14. The molecule has 0 aromatic heterocycles. The number of aliphatic carboxylic acids is 1. The molecule has 0 spiro atoms. The molecule has 1 aliphatic carbocycles. The van der Waals surface area contributed by atoms with Gasteiger partial charge in [0.25, 0.3) is 0 Å². The zero-order chi connectivity index (χ0) is 27.6. The largest absolute Gasteiger partial charge is 0.481 e. The van der Waals surface area contributed by atoms with E-state index in [0.29, 0.717) is 11.8 Å². The Bertz CT molecular complexity index is 905. The summed E-state index contributed by atoms with van der Waals surface area (Å²) >= 11 is 6.04. The van der Waals surface area contributed by atoms with Crippen LogP contribution in [-0.2, 0) is 11.2 Å². The predicted octanol–water partition coefficient (Wildman–Crippen LogP) is 8.72. The third-order valence-corrected chi connectivity index (χ3v) is 9.13. The second-order valence-electron chi connectivity index (χ2n) is 12.4. The van der Waals surface area contributed by atoms with Gasteiger partial charge in [0.05, 0.1) is 14.0 Å². The summed E-state index contributed by atoms with van der Waals surface area (Å²) in [4.78, 5) is 12.4. The number of aryl methyl sites for hydroxylation is 1. The summed E-state index contributed by atoms with van der Waals surface area (Å²) in [6.45, 7) is 11.7. The van der Waals surface area contributed by atoms with Crippen LogP contribution >= 0.6 is 11.6 Å². The molecule has 6 heteroatoms. The lowest BCUT2D eigenvalue weighted by Crippen LogP contribution is -2.36. The van der Waals surface area contributed by atoms with Crippen molar-refractivity contribution in [2.24, 2.45) is 28.8 Å². The van der Waals surface area contributed by atoms with Crippen LogP contribution in [0.25, 0.3) is 0 Å². The monoisotopic (exact) mass is 546 g/mol. The first-order chi connectivity index (χ1) is 17.4. The number of hydrogen-bond acceptors (Lipinski definition) is 3. The number of hydrazone groups is 1. The van der Waals surface area contributed by atoms with Gasteiger partial charge < -0.3 is 10.1 Å². The molecule has 1 aromatic rings. The van der Waals surface area contributed by atoms with Crippen LogP contribution < -0.4 is 0 Å². The number of unbranched alkanes of at least 4 members (excludes halogenated alkanes) is 1. The molecule has 0 radical (unpaired) electrons. The van der Waals surface area contributed by atoms with Crippen LogP contribution in [0.3, 0.4) is 0 Å². The van der Waals surface area contributed by atoms with Crippen molar-refractivity contribution in [1.82, 2.24) is 5.01 Å². The first kappa shape index (κ1) is 31.6. The molecule has 208 valence electrons. The van der Waals surface area contributed by atoms with E-state index in [1.807, 2.05) is 31.2 Å². The maximum Gasteiger partial charge on any atom is 0.307 e. The van der Waals surface area contributed by atoms with E-state index in [2.05, 4.69) is 51.3 Å². The van der Waals surface area contributed by atoms with Gasteiger partial charge in [0, 0.05) is 24.8 Å². The highest BCUT2D eigenvalue weighted by atomic mass is 35.5. The van der Waals surface area contributed by atoms with Crippen molar-refractivity contribution in [2.45, 2.75) is 97.7 Å². The van der Waals surface area contributed by atoms with Gasteiger partial charge in [0.2, 0.25) is 0 Å². The van der Waals surface area contributed by atoms with Gasteiger partial charge in [0.15, 0.2) is 0 Å². The summed E-state index contributed by atoms with van der Waals surface area (Å²) < 4.78 is 0. The molecular weight excluding hydrogens is 496 g/mol. The van der Waals surface area contributed by atoms with Gasteiger partial charge in [-0.05, 0) is 86.8 Å². The molecule has 0 bridgehead atoms. The highest BCUT2D eigenvalue weighted by molar-refractivity contribution is 6.81. The van der Waals surface area contributed by atoms with E-state index in [1.165, 1.54) is 16.8 Å². The van der Waals surface area contributed by atoms with E-state index in [-0.39, 0.29) is 11.8 Å². The molecule has 4 nitrogen and oxygen atoms in total. The van der Waals surface area contributed by atoms with Crippen LogP contribution in [0.2, 0.25) is 24.7 Å². The number of carboxylic acids is 1. The van der Waals surface area contributed by atoms with E-state index in [9.17, 15) is 9.90 Å². The van der Waals surface area contributed by atoms with Gasteiger partial charge in [-0.3, -0.25) is 4.79 Å². The second kappa shape index (κ2) is 15.1. The fourth-order valence-electron chi connectivity index (χ4n) is 5.91. The Balaban J connectivity index is 2.21. The molecule has 1 N–H and O–H groups in total. The summed E-state index contributed by atoms with van der Waals surface area (Å²) in [5, 5.41) is 17.8. The standard InChI is InChI=1S/C31H51ClN2O2Si/c1-8-9-13-29(31(35)36)28-20-14-23(2)27(30(28)22-37(5,6)7)21-19-26(33-34(3)4)12-10-11-24-15-17-25(32)18-16-24/h15-18,22-23,27-29H,8-14,19-21H2,1-7H3,(H,35,36)/b30-22+,33-26+/t23-,27+,28+,29-/m1/s1. The molecule has 1 aromatic carbocycles. The third-order valence-electron chi connectivity index (χ3n) is 7.68. The fraction of sp³-hybridized carbons (Fsp3) is 0.677. The van der Waals surface area contributed by atoms with Crippen molar-refractivity contribution in [1.29, 1.82) is 0 Å². The average Bonchev–Trinajstić information content (AvgIpc) is 2.79. The smallest absolute Gasteiger partial charge is 0.307 e. The number of halogens is 1. The Morgan fingerprint density at radius 1 is 1.16 bits per heavy atom. The summed E-state index contributed by atoms with van der Waals surface area (Å²) in [5.41, 5.74) is 6.58. The van der Waals surface area contributed by atoms with Crippen LogP contribution in [0.1, 0.15) is 77.2 Å². The molecule has 1 fully saturated rings. The summed E-state index contributed by atoms with van der Waals surface area (Å²) in [7, 11) is 2.48. The quantitative estimate of drug-likeness (QED) is 0.144. The van der Waals surface area contributed by atoms with Gasteiger partial charge in [-0.2, -0.15) is 5.10 Å². The van der Waals surface area contributed by atoms with Gasteiger partial charge in [-0.1, -0.05) is 81.3 Å². The van der Waals surface area contributed by atoms with Crippen LogP contribution in [0, 0.1) is 23.7 Å². The Morgan fingerprint density at radius 3 is 2.41 bits per heavy atom. The maximum absolute atomic E-state index is 12.4. The number of carbonyl (C=O) groups is 1. The van der Waals surface area contributed by atoms with E-state index in [4.69, 9.17) is 16.7 Å². The number of benzene rings is 1. The molecular formula is C31H51ClN2O2Si. The van der Waals surface area contributed by atoms with E-state index >= 15 is 0 Å². The van der Waals surface area contributed by atoms with Gasteiger partial charge in [-0.25, -0.2) is 0 Å². The van der Waals surface area contributed by atoms with Crippen molar-refractivity contribution >= 4 is 31.4 Å². The minimum absolute atomic E-state index is 0.177. The highest BCUT2D eigenvalue weighted by Gasteiger charge is 2.39. The second-order valence-corrected chi connectivity index (χ2v) is 17.9. The lowest BCUT2D eigenvalue weighted by molar-refractivity contribution is -0.144. The van der Waals surface area contributed by atoms with E-state index < -0.39 is 14.0 Å². The van der Waals surface area contributed by atoms with Crippen molar-refractivity contribution < 1.29 is 9.90 Å². The van der Waals surface area contributed by atoms with Gasteiger partial charge in [-0.15, -0.1) is 0 Å². The summed E-state index contributed by atoms with van der Waals surface area (Å²) in [5.74, 6) is 0.333. The summed E-state index contributed by atoms with van der Waals surface area (Å²) in [6, 6.07) is 8.15. The van der Waals surface area contributed by atoms with Crippen LogP contribution in [0.5, 0.6) is 0 Å². The lowest BCUT2D eigenvalue weighted by atomic mass is 9.65. The molecule has 0 heterocycles. The molecule has 0 amide bonds. The van der Waals surface area contributed by atoms with Crippen molar-refractivity contribution in [3.63, 3.8) is 0 Å². The molecule has 37 heavy (non-hydrogen) atoms. The molecule has 0 saturated heterocycles. The minimum atomic E-state index is -1.52. The predicted molar refractivity (Wildman–Crippen MR) is 162 cm³/mol. The maximum atomic E-state index is 12.4. The Kier molecular flexibility index (Phi) is 12.9. The normalized spacial score (nSPS) is 22.8. The van der Waals surface area contributed by atoms with E-state index in [0.717, 1.165) is 69.2 Å². The number of nitrogens with zero attached hydrogens (tertiary/aromatic N) is 2. The zero-order valence-corrected chi connectivity index (χ0v) is 26.2. The molecule has 0 unspecified atom stereocenters. The molecule has 0 aliphatic heterocycles. The zero-order valence-electron chi connectivity index (χ0n) is 24.4. The third kappa shape index (κ3) is 11.0. The number of hydrogen-bond donors (Lipinski definition) is 1. The van der Waals surface area contributed by atoms with Crippen LogP contribution in [0.15, 0.2) is 40.6 Å². The Hall–Kier alpha value is -1.59. The van der Waals surface area contributed by atoms with Crippen molar-refractivity contribution in [3.05, 3.63) is 46.1 Å². The van der Waals surface area contributed by atoms with Gasteiger partial charge in [0.1, 0.15) is 0 Å². The first-order valence-corrected chi connectivity index (χ1v) is 18.3. The highest BCUT2D eigenvalue weighted by Crippen LogP contribution is 2.46. The molecule has 1 saturated carbocycles. The Labute approximate surface area is 232 Å². The first-order valence-electron chi connectivity index (χ1n) is 14.3. The van der Waals surface area contributed by atoms with Crippen LogP contribution in [0.4, 0.5) is 0 Å². The van der Waals surface area contributed by atoms with Crippen molar-refractivity contribution in [3.8, 4) is 0 Å². The fourth-order valence-corrected chi connectivity index (χ4v) is 7.47. The molecule has 4 atom stereocenters. The molecule has 1 aliphatic rings.